The molecule has 194 valence electrons. The molecule has 1 atom stereocenters. The molecule has 38 heavy (non-hydrogen) atoms. The van der Waals surface area contributed by atoms with Gasteiger partial charge in [0.15, 0.2) is 5.82 Å². The first-order chi connectivity index (χ1) is 18.6. The van der Waals surface area contributed by atoms with Crippen molar-refractivity contribution in [1.82, 2.24) is 30.1 Å². The van der Waals surface area contributed by atoms with E-state index in [-0.39, 0.29) is 5.56 Å². The zero-order valence-corrected chi connectivity index (χ0v) is 21.7. The van der Waals surface area contributed by atoms with Crippen molar-refractivity contribution in [2.45, 2.75) is 26.1 Å². The van der Waals surface area contributed by atoms with Gasteiger partial charge < -0.3 is 14.5 Å². The third-order valence-corrected chi connectivity index (χ3v) is 6.67. The molecule has 5 aromatic rings. The second-order valence-corrected chi connectivity index (χ2v) is 9.00. The Balaban J connectivity index is 1.61. The van der Waals surface area contributed by atoms with Gasteiger partial charge in [0.1, 0.15) is 17.5 Å². The smallest absolute Gasteiger partial charge is 0.253 e. The number of methoxy groups -OCH3 is 2. The summed E-state index contributed by atoms with van der Waals surface area (Å²) in [6, 6.07) is 25.1. The number of rotatable bonds is 10. The molecule has 3 aromatic carbocycles. The maximum Gasteiger partial charge on any atom is 0.253 e. The maximum atomic E-state index is 13.6. The summed E-state index contributed by atoms with van der Waals surface area (Å²) in [5, 5.41) is 13.7. The lowest BCUT2D eigenvalue weighted by Crippen LogP contribution is -2.35. The number of ether oxygens (including phenoxy) is 2. The zero-order valence-electron chi connectivity index (χ0n) is 21.7. The van der Waals surface area contributed by atoms with Crippen LogP contribution in [0.25, 0.3) is 10.9 Å². The Kier molecular flexibility index (Phi) is 7.46. The van der Waals surface area contributed by atoms with Gasteiger partial charge in [0.25, 0.3) is 5.56 Å². The van der Waals surface area contributed by atoms with Crippen LogP contribution in [0.4, 0.5) is 0 Å². The molecule has 2 heterocycles. The molecule has 0 radical (unpaired) electrons. The molecule has 0 saturated carbocycles. The van der Waals surface area contributed by atoms with Crippen LogP contribution in [0.2, 0.25) is 0 Å². The number of pyridine rings is 1. The largest absolute Gasteiger partial charge is 0.497 e. The average Bonchev–Trinajstić information content (AvgIpc) is 3.41. The van der Waals surface area contributed by atoms with E-state index in [9.17, 15) is 4.79 Å². The summed E-state index contributed by atoms with van der Waals surface area (Å²) in [6.07, 6.45) is 0. The standard InChI is InChI=1S/C29H30N6O3/c1-4-34(18-20-8-6-5-7-9-20)27(25-16-22-12-15-24(38-3)17-26(22)30-29(25)36)28-31-32-33-35(28)19-21-10-13-23(37-2)14-11-21/h5-17,27H,4,18-19H2,1-3H3,(H,30,36)/t27-/m0/s1. The predicted octanol–water partition coefficient (Wildman–Crippen LogP) is 4.19. The van der Waals surface area contributed by atoms with Gasteiger partial charge in [-0.05, 0) is 63.8 Å². The van der Waals surface area contributed by atoms with E-state index in [0.29, 0.717) is 42.3 Å². The molecule has 0 unspecified atom stereocenters. The van der Waals surface area contributed by atoms with Crippen LogP contribution in [0, 0.1) is 0 Å². The van der Waals surface area contributed by atoms with Crippen LogP contribution in [-0.4, -0.2) is 50.9 Å². The van der Waals surface area contributed by atoms with Crippen LogP contribution in [0.1, 0.15) is 35.5 Å². The highest BCUT2D eigenvalue weighted by Crippen LogP contribution is 2.29. The fourth-order valence-corrected chi connectivity index (χ4v) is 4.65. The van der Waals surface area contributed by atoms with E-state index in [1.54, 1.807) is 18.9 Å². The monoisotopic (exact) mass is 510 g/mol. The van der Waals surface area contributed by atoms with Crippen LogP contribution in [0.5, 0.6) is 11.5 Å². The number of hydrogen-bond acceptors (Lipinski definition) is 7. The number of aromatic amines is 1. The molecular weight excluding hydrogens is 480 g/mol. The highest BCUT2D eigenvalue weighted by Gasteiger charge is 2.30. The Morgan fingerprint density at radius 2 is 1.66 bits per heavy atom. The van der Waals surface area contributed by atoms with Gasteiger partial charge in [0.05, 0.1) is 26.3 Å². The second kappa shape index (κ2) is 11.3. The van der Waals surface area contributed by atoms with Gasteiger partial charge in [0.2, 0.25) is 0 Å². The third-order valence-electron chi connectivity index (χ3n) is 6.67. The maximum absolute atomic E-state index is 13.6. The summed E-state index contributed by atoms with van der Waals surface area (Å²) < 4.78 is 12.4. The minimum absolute atomic E-state index is 0.193. The summed E-state index contributed by atoms with van der Waals surface area (Å²) >= 11 is 0. The van der Waals surface area contributed by atoms with Gasteiger partial charge in [-0.3, -0.25) is 9.69 Å². The summed E-state index contributed by atoms with van der Waals surface area (Å²) in [7, 11) is 3.25. The van der Waals surface area contributed by atoms with Crippen molar-refractivity contribution in [3.05, 3.63) is 112 Å². The Morgan fingerprint density at radius 3 is 2.37 bits per heavy atom. The molecule has 0 saturated heterocycles. The van der Waals surface area contributed by atoms with Gasteiger partial charge in [-0.2, -0.15) is 0 Å². The number of nitrogens with one attached hydrogen (secondary N) is 1. The molecule has 9 nitrogen and oxygen atoms in total. The molecule has 0 fully saturated rings. The molecule has 0 amide bonds. The van der Waals surface area contributed by atoms with Crippen molar-refractivity contribution < 1.29 is 9.47 Å². The lowest BCUT2D eigenvalue weighted by Gasteiger charge is -2.30. The highest BCUT2D eigenvalue weighted by atomic mass is 16.5. The van der Waals surface area contributed by atoms with Gasteiger partial charge >= 0.3 is 0 Å². The van der Waals surface area contributed by atoms with E-state index in [2.05, 4.69) is 44.5 Å². The fourth-order valence-electron chi connectivity index (χ4n) is 4.65. The first-order valence-corrected chi connectivity index (χ1v) is 12.5. The molecule has 1 N–H and O–H groups in total. The number of hydrogen-bond donors (Lipinski definition) is 1. The number of nitrogens with zero attached hydrogens (tertiary/aromatic N) is 5. The summed E-state index contributed by atoms with van der Waals surface area (Å²) in [5.41, 5.74) is 3.24. The lowest BCUT2D eigenvalue weighted by atomic mass is 10.0. The van der Waals surface area contributed by atoms with Crippen molar-refractivity contribution in [3.8, 4) is 11.5 Å². The van der Waals surface area contributed by atoms with Crippen molar-refractivity contribution in [2.24, 2.45) is 0 Å². The normalized spacial score (nSPS) is 12.1. The molecule has 0 spiro atoms. The van der Waals surface area contributed by atoms with Gasteiger partial charge in [0, 0.05) is 18.2 Å². The summed E-state index contributed by atoms with van der Waals surface area (Å²) in [4.78, 5) is 18.8. The van der Waals surface area contributed by atoms with E-state index in [4.69, 9.17) is 9.47 Å². The molecular formula is C29H30N6O3. The van der Waals surface area contributed by atoms with Crippen LogP contribution >= 0.6 is 0 Å². The van der Waals surface area contributed by atoms with Crippen molar-refractivity contribution >= 4 is 10.9 Å². The third kappa shape index (κ3) is 5.28. The average molecular weight is 511 g/mol. The molecule has 0 aliphatic heterocycles. The summed E-state index contributed by atoms with van der Waals surface area (Å²) in [5.74, 6) is 2.06. The molecule has 5 rings (SSSR count). The highest BCUT2D eigenvalue weighted by molar-refractivity contribution is 5.80. The molecule has 0 bridgehead atoms. The molecule has 9 heteroatoms. The molecule has 0 aliphatic rings. The minimum Gasteiger partial charge on any atom is -0.497 e. The lowest BCUT2D eigenvalue weighted by molar-refractivity contribution is 0.214. The quantitative estimate of drug-likeness (QED) is 0.301. The Bertz CT molecular complexity index is 1560. The molecule has 2 aromatic heterocycles. The predicted molar refractivity (Wildman–Crippen MR) is 145 cm³/mol. The number of aromatic nitrogens is 5. The van der Waals surface area contributed by atoms with Gasteiger partial charge in [-0.1, -0.05) is 49.4 Å². The van der Waals surface area contributed by atoms with E-state index in [1.165, 1.54) is 0 Å². The van der Waals surface area contributed by atoms with E-state index in [1.807, 2.05) is 66.7 Å². The van der Waals surface area contributed by atoms with Crippen molar-refractivity contribution in [1.29, 1.82) is 0 Å². The fraction of sp³-hybridized carbons (Fsp3) is 0.241. The van der Waals surface area contributed by atoms with Crippen molar-refractivity contribution in [3.63, 3.8) is 0 Å². The number of tetrazole rings is 1. The topological polar surface area (TPSA) is 98.2 Å². The van der Waals surface area contributed by atoms with Crippen molar-refractivity contribution in [2.75, 3.05) is 20.8 Å². The van der Waals surface area contributed by atoms with Crippen LogP contribution in [-0.2, 0) is 13.1 Å². The number of benzene rings is 3. The number of H-pyrrole nitrogens is 1. The SMILES string of the molecule is CCN(Cc1ccccc1)[C@@H](c1cc2ccc(OC)cc2[nH]c1=O)c1nnnn1Cc1ccc(OC)cc1. The second-order valence-electron chi connectivity index (χ2n) is 9.00. The van der Waals surface area contributed by atoms with Crippen LogP contribution in [0.15, 0.2) is 83.7 Å². The minimum atomic E-state index is -0.483. The first kappa shape index (κ1) is 25.2. The Morgan fingerprint density at radius 1 is 0.921 bits per heavy atom. The zero-order chi connectivity index (χ0) is 26.5. The van der Waals surface area contributed by atoms with Crippen LogP contribution < -0.4 is 15.0 Å². The Hall–Kier alpha value is -4.50. The number of fused-ring (bicyclic) bond motifs is 1. The summed E-state index contributed by atoms with van der Waals surface area (Å²) in [6.45, 7) is 3.83. The molecule has 0 aliphatic carbocycles. The van der Waals surface area contributed by atoms with Crippen LogP contribution in [0.3, 0.4) is 0 Å². The van der Waals surface area contributed by atoms with E-state index >= 15 is 0 Å². The van der Waals surface area contributed by atoms with Gasteiger partial charge in [-0.15, -0.1) is 5.10 Å². The van der Waals surface area contributed by atoms with Gasteiger partial charge in [-0.25, -0.2) is 4.68 Å². The van der Waals surface area contributed by atoms with E-state index < -0.39 is 6.04 Å². The first-order valence-electron chi connectivity index (χ1n) is 12.5. The van der Waals surface area contributed by atoms with E-state index in [0.717, 1.165) is 22.3 Å². The Labute approximate surface area is 220 Å².